The maximum atomic E-state index is 6.13. The second-order valence-corrected chi connectivity index (χ2v) is 6.98. The Kier molecular flexibility index (Phi) is 5.28. The van der Waals surface area contributed by atoms with Crippen LogP contribution in [0.25, 0.3) is 11.3 Å². The van der Waals surface area contributed by atoms with Crippen molar-refractivity contribution in [2.24, 2.45) is 0 Å². The number of aromatic nitrogens is 2. The normalized spacial score (nSPS) is 11.4. The fourth-order valence-corrected chi connectivity index (χ4v) is 3.29. The number of hydrogen-bond acceptors (Lipinski definition) is 3. The lowest BCUT2D eigenvalue weighted by Crippen LogP contribution is -2.24. The van der Waals surface area contributed by atoms with E-state index in [-0.39, 0.29) is 0 Å². The predicted octanol–water partition coefficient (Wildman–Crippen LogP) is 4.38. The second-order valence-electron chi connectivity index (χ2n) is 4.69. The number of aryl methyl sites for hydroxylation is 1. The van der Waals surface area contributed by atoms with Crippen LogP contribution in [0.4, 0.5) is 0 Å². The molecule has 2 N–H and O–H groups in total. The topological polar surface area (TPSA) is 40.7 Å². The summed E-state index contributed by atoms with van der Waals surface area (Å²) in [6.07, 6.45) is 3.80. The molecule has 0 bridgehead atoms. The van der Waals surface area contributed by atoms with Crippen LogP contribution >= 0.6 is 34.5 Å². The highest BCUT2D eigenvalue weighted by Crippen LogP contribution is 2.37. The molecule has 0 unspecified atom stereocenters. The third-order valence-corrected chi connectivity index (χ3v) is 4.21. The van der Waals surface area contributed by atoms with E-state index in [1.54, 1.807) is 0 Å². The molecule has 0 aliphatic rings. The van der Waals surface area contributed by atoms with E-state index in [1.807, 2.05) is 12.3 Å². The predicted molar refractivity (Wildman–Crippen MR) is 83.4 cm³/mol. The molecule has 0 radical (unpaired) electrons. The SMILES string of the molecule is CC(C)NCCCc1ncc(-c2cc(Cl)sc2Cl)[nH]1. The molecule has 19 heavy (non-hydrogen) atoms. The Morgan fingerprint density at radius 3 is 2.84 bits per heavy atom. The Bertz CT molecular complexity index is 534. The molecule has 2 aromatic rings. The average molecular weight is 318 g/mol. The Labute approximate surface area is 127 Å². The summed E-state index contributed by atoms with van der Waals surface area (Å²) in [7, 11) is 0. The maximum Gasteiger partial charge on any atom is 0.106 e. The first-order valence-corrected chi connectivity index (χ1v) is 7.86. The Balaban J connectivity index is 1.94. The first kappa shape index (κ1) is 14.9. The van der Waals surface area contributed by atoms with Gasteiger partial charge in [-0.25, -0.2) is 4.98 Å². The van der Waals surface area contributed by atoms with E-state index in [0.717, 1.165) is 36.5 Å². The molecule has 0 aliphatic heterocycles. The van der Waals surface area contributed by atoms with Gasteiger partial charge in [0.1, 0.15) is 10.2 Å². The van der Waals surface area contributed by atoms with Crippen LogP contribution in [0, 0.1) is 0 Å². The zero-order valence-electron chi connectivity index (χ0n) is 11.0. The van der Waals surface area contributed by atoms with E-state index in [2.05, 4.69) is 29.1 Å². The van der Waals surface area contributed by atoms with E-state index in [1.165, 1.54) is 11.3 Å². The molecule has 104 valence electrons. The van der Waals surface area contributed by atoms with Crippen molar-refractivity contribution in [2.45, 2.75) is 32.7 Å². The van der Waals surface area contributed by atoms with Crippen molar-refractivity contribution in [1.29, 1.82) is 0 Å². The van der Waals surface area contributed by atoms with Crippen molar-refractivity contribution in [3.63, 3.8) is 0 Å². The van der Waals surface area contributed by atoms with Gasteiger partial charge in [-0.2, -0.15) is 0 Å². The number of hydrogen-bond donors (Lipinski definition) is 2. The summed E-state index contributed by atoms with van der Waals surface area (Å²) in [6, 6.07) is 2.39. The smallest absolute Gasteiger partial charge is 0.106 e. The minimum Gasteiger partial charge on any atom is -0.342 e. The van der Waals surface area contributed by atoms with Crippen LogP contribution in [0.15, 0.2) is 12.3 Å². The molecule has 3 nitrogen and oxygen atoms in total. The number of halogens is 2. The molecular weight excluding hydrogens is 301 g/mol. The fraction of sp³-hybridized carbons (Fsp3) is 0.462. The zero-order chi connectivity index (χ0) is 13.8. The van der Waals surface area contributed by atoms with Gasteiger partial charge in [0, 0.05) is 18.0 Å². The lowest BCUT2D eigenvalue weighted by molar-refractivity contribution is 0.567. The fourth-order valence-electron chi connectivity index (χ4n) is 1.80. The van der Waals surface area contributed by atoms with E-state index < -0.39 is 0 Å². The summed E-state index contributed by atoms with van der Waals surface area (Å²) < 4.78 is 1.39. The van der Waals surface area contributed by atoms with Crippen LogP contribution in [0.3, 0.4) is 0 Å². The van der Waals surface area contributed by atoms with Gasteiger partial charge in [-0.15, -0.1) is 11.3 Å². The first-order valence-electron chi connectivity index (χ1n) is 6.28. The molecule has 2 aromatic heterocycles. The molecule has 0 amide bonds. The van der Waals surface area contributed by atoms with Crippen LogP contribution in [-0.2, 0) is 6.42 Å². The first-order chi connectivity index (χ1) is 9.06. The van der Waals surface area contributed by atoms with Gasteiger partial charge < -0.3 is 10.3 Å². The monoisotopic (exact) mass is 317 g/mol. The number of rotatable bonds is 6. The molecule has 0 aromatic carbocycles. The highest BCUT2D eigenvalue weighted by molar-refractivity contribution is 7.20. The summed E-state index contributed by atoms with van der Waals surface area (Å²) in [4.78, 5) is 7.68. The van der Waals surface area contributed by atoms with Crippen LogP contribution in [-0.4, -0.2) is 22.6 Å². The van der Waals surface area contributed by atoms with E-state index in [4.69, 9.17) is 23.2 Å². The van der Waals surface area contributed by atoms with Crippen molar-refractivity contribution in [2.75, 3.05) is 6.54 Å². The van der Waals surface area contributed by atoms with Gasteiger partial charge in [0.2, 0.25) is 0 Å². The van der Waals surface area contributed by atoms with E-state index in [0.29, 0.717) is 14.7 Å². The summed E-state index contributed by atoms with van der Waals surface area (Å²) in [5.41, 5.74) is 1.86. The number of H-pyrrole nitrogens is 1. The third-order valence-electron chi connectivity index (χ3n) is 2.72. The molecule has 6 heteroatoms. The lowest BCUT2D eigenvalue weighted by Gasteiger charge is -2.06. The lowest BCUT2D eigenvalue weighted by atomic mass is 10.2. The van der Waals surface area contributed by atoms with Gasteiger partial charge in [-0.1, -0.05) is 37.0 Å². The highest BCUT2D eigenvalue weighted by atomic mass is 35.5. The summed E-state index contributed by atoms with van der Waals surface area (Å²) in [5, 5.41) is 3.39. The highest BCUT2D eigenvalue weighted by Gasteiger charge is 2.10. The van der Waals surface area contributed by atoms with Crippen molar-refractivity contribution < 1.29 is 0 Å². The number of nitrogens with zero attached hydrogens (tertiary/aromatic N) is 1. The van der Waals surface area contributed by atoms with Gasteiger partial charge >= 0.3 is 0 Å². The molecule has 0 aliphatic carbocycles. The second kappa shape index (κ2) is 6.75. The van der Waals surface area contributed by atoms with E-state index >= 15 is 0 Å². The Hall–Kier alpha value is -0.550. The number of nitrogens with one attached hydrogen (secondary N) is 2. The maximum absolute atomic E-state index is 6.13. The van der Waals surface area contributed by atoms with Gasteiger partial charge in [-0.3, -0.25) is 0 Å². The van der Waals surface area contributed by atoms with Gasteiger partial charge in [0.15, 0.2) is 0 Å². The summed E-state index contributed by atoms with van der Waals surface area (Å²) in [5.74, 6) is 0.985. The number of imidazole rings is 1. The van der Waals surface area contributed by atoms with Crippen LogP contribution in [0.1, 0.15) is 26.1 Å². The standard InChI is InChI=1S/C13H17Cl2N3S/c1-8(2)16-5-3-4-12-17-7-10(18-12)9-6-11(14)19-13(9)15/h6-8,16H,3-5H2,1-2H3,(H,17,18). The van der Waals surface area contributed by atoms with E-state index in [9.17, 15) is 0 Å². The minimum absolute atomic E-state index is 0.527. The average Bonchev–Trinajstić information content (AvgIpc) is 2.91. The summed E-state index contributed by atoms with van der Waals surface area (Å²) >= 11 is 13.4. The number of aromatic amines is 1. The van der Waals surface area contributed by atoms with Crippen LogP contribution in [0.2, 0.25) is 8.67 Å². The molecule has 0 saturated carbocycles. The van der Waals surface area contributed by atoms with Crippen molar-refractivity contribution in [1.82, 2.24) is 15.3 Å². The van der Waals surface area contributed by atoms with Crippen LogP contribution in [0.5, 0.6) is 0 Å². The molecule has 0 atom stereocenters. The largest absolute Gasteiger partial charge is 0.342 e. The molecule has 2 heterocycles. The molecule has 0 saturated heterocycles. The summed E-state index contributed by atoms with van der Waals surface area (Å²) in [6.45, 7) is 5.29. The van der Waals surface area contributed by atoms with Gasteiger partial charge in [-0.05, 0) is 19.0 Å². The minimum atomic E-state index is 0.527. The van der Waals surface area contributed by atoms with Crippen LogP contribution < -0.4 is 5.32 Å². The molecule has 0 fully saturated rings. The Morgan fingerprint density at radius 2 is 2.21 bits per heavy atom. The van der Waals surface area contributed by atoms with Crippen molar-refractivity contribution in [3.05, 3.63) is 26.8 Å². The molecule has 0 spiro atoms. The van der Waals surface area contributed by atoms with Crippen molar-refractivity contribution in [3.8, 4) is 11.3 Å². The quantitative estimate of drug-likeness (QED) is 0.776. The number of thiophene rings is 1. The van der Waals surface area contributed by atoms with Gasteiger partial charge in [0.05, 0.1) is 16.2 Å². The Morgan fingerprint density at radius 1 is 1.42 bits per heavy atom. The molecular formula is C13H17Cl2N3S. The zero-order valence-corrected chi connectivity index (χ0v) is 13.3. The molecule has 2 rings (SSSR count). The van der Waals surface area contributed by atoms with Crippen molar-refractivity contribution >= 4 is 34.5 Å². The third kappa shape index (κ3) is 4.21. The van der Waals surface area contributed by atoms with Gasteiger partial charge in [0.25, 0.3) is 0 Å².